The zero-order chi connectivity index (χ0) is 12.8. The van der Waals surface area contributed by atoms with Crippen molar-refractivity contribution in [2.24, 2.45) is 0 Å². The van der Waals surface area contributed by atoms with Gasteiger partial charge in [-0.1, -0.05) is 88.7 Å². The molecule has 1 aromatic rings. The Morgan fingerprint density at radius 1 is 0.750 bits per heavy atom. The van der Waals surface area contributed by atoms with Gasteiger partial charge in [0.05, 0.1) is 0 Å². The van der Waals surface area contributed by atoms with Gasteiger partial charge in [0.2, 0.25) is 0 Å². The zero-order valence-corrected chi connectivity index (χ0v) is 11.7. The van der Waals surface area contributed by atoms with Crippen molar-refractivity contribution < 1.29 is 0 Å². The summed E-state index contributed by atoms with van der Waals surface area (Å²) in [6.07, 6.45) is 5.28. The SMILES string of the molecule is CCCC.CCCC.[B]c1ccc(C)cc1. The Morgan fingerprint density at radius 3 is 1.25 bits per heavy atom. The van der Waals surface area contributed by atoms with Crippen LogP contribution in [0.1, 0.15) is 58.9 Å². The Kier molecular flexibility index (Phi) is 15.8. The van der Waals surface area contributed by atoms with Crippen LogP contribution in [0, 0.1) is 6.92 Å². The summed E-state index contributed by atoms with van der Waals surface area (Å²) in [5.74, 6) is 0. The molecule has 1 aromatic carbocycles. The van der Waals surface area contributed by atoms with E-state index in [1.807, 2.05) is 31.2 Å². The lowest BCUT2D eigenvalue weighted by Gasteiger charge is -1.90. The Bertz CT molecular complexity index is 184. The van der Waals surface area contributed by atoms with Crippen LogP contribution in [0.4, 0.5) is 0 Å². The molecular weight excluding hydrogens is 191 g/mol. The Morgan fingerprint density at radius 2 is 1.06 bits per heavy atom. The molecular formula is C15H27B. The molecule has 0 spiro atoms. The van der Waals surface area contributed by atoms with Crippen LogP contribution in [0.25, 0.3) is 0 Å². The molecule has 1 heteroatoms. The van der Waals surface area contributed by atoms with Crippen LogP contribution >= 0.6 is 0 Å². The van der Waals surface area contributed by atoms with E-state index in [-0.39, 0.29) is 0 Å². The van der Waals surface area contributed by atoms with Gasteiger partial charge in [0, 0.05) is 0 Å². The first-order valence-corrected chi connectivity index (χ1v) is 6.44. The van der Waals surface area contributed by atoms with Crippen LogP contribution in [-0.2, 0) is 0 Å². The molecule has 0 atom stereocenters. The lowest BCUT2D eigenvalue weighted by atomic mass is 9.96. The highest BCUT2D eigenvalue weighted by Crippen LogP contribution is 1.90. The number of aryl methyl sites for hydroxylation is 1. The van der Waals surface area contributed by atoms with Crippen LogP contribution in [0.3, 0.4) is 0 Å². The molecule has 0 N–H and O–H groups in total. The van der Waals surface area contributed by atoms with Gasteiger partial charge in [-0.25, -0.2) is 0 Å². The van der Waals surface area contributed by atoms with Crippen molar-refractivity contribution in [1.82, 2.24) is 0 Å². The highest BCUT2D eigenvalue weighted by Gasteiger charge is 1.79. The van der Waals surface area contributed by atoms with Gasteiger partial charge >= 0.3 is 0 Å². The number of unbranched alkanes of at least 4 members (excludes halogenated alkanes) is 2. The number of benzene rings is 1. The molecule has 0 saturated heterocycles. The fourth-order valence-electron chi connectivity index (χ4n) is 0.566. The summed E-state index contributed by atoms with van der Waals surface area (Å²) < 4.78 is 0. The molecule has 1 rings (SSSR count). The molecule has 0 fully saturated rings. The van der Waals surface area contributed by atoms with E-state index in [2.05, 4.69) is 27.7 Å². The van der Waals surface area contributed by atoms with E-state index in [0.29, 0.717) is 0 Å². The minimum Gasteiger partial charge on any atom is -0.0967 e. The van der Waals surface area contributed by atoms with Crippen LogP contribution < -0.4 is 5.46 Å². The van der Waals surface area contributed by atoms with Crippen LogP contribution in [0.5, 0.6) is 0 Å². The first-order valence-electron chi connectivity index (χ1n) is 6.44. The van der Waals surface area contributed by atoms with E-state index in [1.165, 1.54) is 31.2 Å². The average molecular weight is 218 g/mol. The van der Waals surface area contributed by atoms with Crippen LogP contribution in [-0.4, -0.2) is 7.85 Å². The molecule has 0 aliphatic carbocycles. The van der Waals surface area contributed by atoms with E-state index in [9.17, 15) is 0 Å². The van der Waals surface area contributed by atoms with Gasteiger partial charge in [0.25, 0.3) is 0 Å². The van der Waals surface area contributed by atoms with Crippen molar-refractivity contribution >= 4 is 13.3 Å². The number of rotatable bonds is 2. The molecule has 0 aliphatic rings. The van der Waals surface area contributed by atoms with E-state index in [0.717, 1.165) is 5.46 Å². The van der Waals surface area contributed by atoms with E-state index in [4.69, 9.17) is 7.85 Å². The summed E-state index contributed by atoms with van der Waals surface area (Å²) in [6.45, 7) is 10.8. The summed E-state index contributed by atoms with van der Waals surface area (Å²) in [5, 5.41) is 0. The summed E-state index contributed by atoms with van der Waals surface area (Å²) in [7, 11) is 5.43. The third-order valence-electron chi connectivity index (χ3n) is 2.08. The van der Waals surface area contributed by atoms with Gasteiger partial charge < -0.3 is 0 Å². The quantitative estimate of drug-likeness (QED) is 0.645. The largest absolute Gasteiger partial charge is 0.113 e. The lowest BCUT2D eigenvalue weighted by molar-refractivity contribution is 0.886. The maximum Gasteiger partial charge on any atom is 0.113 e. The van der Waals surface area contributed by atoms with Crippen molar-refractivity contribution in [2.45, 2.75) is 60.3 Å². The van der Waals surface area contributed by atoms with E-state index in [1.54, 1.807) is 0 Å². The highest BCUT2D eigenvalue weighted by atomic mass is 13.8. The first-order chi connectivity index (χ1) is 7.62. The summed E-state index contributed by atoms with van der Waals surface area (Å²) in [5.41, 5.74) is 2.08. The van der Waals surface area contributed by atoms with Crippen molar-refractivity contribution in [3.8, 4) is 0 Å². The number of hydrogen-bond donors (Lipinski definition) is 0. The molecule has 2 radical (unpaired) electrons. The zero-order valence-electron chi connectivity index (χ0n) is 11.7. The summed E-state index contributed by atoms with van der Waals surface area (Å²) in [4.78, 5) is 0. The maximum atomic E-state index is 5.43. The molecule has 0 aromatic heterocycles. The van der Waals surface area contributed by atoms with Gasteiger partial charge in [0.15, 0.2) is 0 Å². The Hall–Kier alpha value is -0.715. The number of hydrogen-bond acceptors (Lipinski definition) is 0. The first kappa shape index (κ1) is 17.7. The summed E-state index contributed by atoms with van der Waals surface area (Å²) in [6, 6.07) is 7.79. The summed E-state index contributed by atoms with van der Waals surface area (Å²) >= 11 is 0. The Labute approximate surface area is 104 Å². The predicted octanol–water partition coefficient (Wildman–Crippen LogP) is 4.40. The van der Waals surface area contributed by atoms with Crippen LogP contribution in [0.2, 0.25) is 0 Å². The van der Waals surface area contributed by atoms with Crippen LogP contribution in [0.15, 0.2) is 24.3 Å². The monoisotopic (exact) mass is 218 g/mol. The van der Waals surface area contributed by atoms with Gasteiger partial charge in [-0.15, -0.1) is 0 Å². The fourth-order valence-corrected chi connectivity index (χ4v) is 0.566. The van der Waals surface area contributed by atoms with E-state index >= 15 is 0 Å². The Balaban J connectivity index is 0. The van der Waals surface area contributed by atoms with Crippen molar-refractivity contribution in [1.29, 1.82) is 0 Å². The molecule has 0 amide bonds. The van der Waals surface area contributed by atoms with Gasteiger partial charge in [0.1, 0.15) is 7.85 Å². The second kappa shape index (κ2) is 14.3. The fraction of sp³-hybridized carbons (Fsp3) is 0.600. The third-order valence-corrected chi connectivity index (χ3v) is 2.08. The molecule has 0 heterocycles. The van der Waals surface area contributed by atoms with Gasteiger partial charge in [-0.3, -0.25) is 0 Å². The van der Waals surface area contributed by atoms with Gasteiger partial charge in [-0.05, 0) is 6.92 Å². The lowest BCUT2D eigenvalue weighted by Crippen LogP contribution is -1.98. The van der Waals surface area contributed by atoms with Gasteiger partial charge in [-0.2, -0.15) is 0 Å². The van der Waals surface area contributed by atoms with Crippen molar-refractivity contribution in [3.63, 3.8) is 0 Å². The molecule has 0 nitrogen and oxygen atoms in total. The molecule has 0 bridgehead atoms. The molecule has 0 saturated carbocycles. The average Bonchev–Trinajstić information content (AvgIpc) is 2.33. The topological polar surface area (TPSA) is 0 Å². The smallest absolute Gasteiger partial charge is 0.0967 e. The standard InChI is InChI=1S/C7H7B.2C4H10/c1-6-2-4-7(8)5-3-6;2*1-3-4-2/h2-5H,1H3;2*3-4H2,1-2H3. The third kappa shape index (κ3) is 15.7. The predicted molar refractivity (Wildman–Crippen MR) is 77.7 cm³/mol. The normalized spacial score (nSPS) is 8.31. The van der Waals surface area contributed by atoms with Crippen molar-refractivity contribution in [3.05, 3.63) is 29.8 Å². The minimum atomic E-state index is 0.829. The maximum absolute atomic E-state index is 5.43. The second-order valence-corrected chi connectivity index (χ2v) is 3.91. The second-order valence-electron chi connectivity index (χ2n) is 3.91. The molecule has 90 valence electrons. The molecule has 0 unspecified atom stereocenters. The van der Waals surface area contributed by atoms with Crippen molar-refractivity contribution in [2.75, 3.05) is 0 Å². The molecule has 16 heavy (non-hydrogen) atoms. The van der Waals surface area contributed by atoms with E-state index < -0.39 is 0 Å². The highest BCUT2D eigenvalue weighted by molar-refractivity contribution is 6.32. The minimum absolute atomic E-state index is 0.829. The molecule has 0 aliphatic heterocycles.